The molecule has 1 N–H and O–H groups in total. The molecule has 5 nitrogen and oxygen atoms in total. The van der Waals surface area contributed by atoms with Gasteiger partial charge in [-0.05, 0) is 26.0 Å². The van der Waals surface area contributed by atoms with E-state index in [1.54, 1.807) is 12.1 Å². The summed E-state index contributed by atoms with van der Waals surface area (Å²) in [6.45, 7) is 4.29. The first-order valence-electron chi connectivity index (χ1n) is 6.38. The summed E-state index contributed by atoms with van der Waals surface area (Å²) >= 11 is 0. The molecule has 0 fully saturated rings. The number of aromatic nitrogens is 1. The third kappa shape index (κ3) is 1.95. The average molecular weight is 270 g/mol. The second-order valence-corrected chi connectivity index (χ2v) is 5.48. The Kier molecular flexibility index (Phi) is 2.77. The molecule has 0 saturated carbocycles. The SMILES string of the molecule is CC1(C)Cc2[nH]c(=O)c(C#N)c(-c3ccco3)c2CO1. The summed E-state index contributed by atoms with van der Waals surface area (Å²) < 4.78 is 11.2. The molecule has 0 amide bonds. The van der Waals surface area contributed by atoms with E-state index in [9.17, 15) is 10.1 Å². The molecule has 5 heteroatoms. The molecule has 0 radical (unpaired) electrons. The maximum absolute atomic E-state index is 12.1. The van der Waals surface area contributed by atoms with Gasteiger partial charge in [-0.2, -0.15) is 5.26 Å². The third-order valence-corrected chi connectivity index (χ3v) is 3.50. The zero-order chi connectivity index (χ0) is 14.3. The molecule has 2 aromatic rings. The van der Waals surface area contributed by atoms with Gasteiger partial charge in [0, 0.05) is 23.2 Å². The first kappa shape index (κ1) is 12.7. The highest BCUT2D eigenvalue weighted by atomic mass is 16.5. The number of fused-ring (bicyclic) bond motifs is 1. The molecule has 20 heavy (non-hydrogen) atoms. The minimum absolute atomic E-state index is 0.0713. The van der Waals surface area contributed by atoms with Gasteiger partial charge in [0.15, 0.2) is 0 Å². The van der Waals surface area contributed by atoms with Crippen LogP contribution in [0.5, 0.6) is 0 Å². The smallest absolute Gasteiger partial charge is 0.266 e. The fraction of sp³-hybridized carbons (Fsp3) is 0.333. The van der Waals surface area contributed by atoms with Crippen molar-refractivity contribution in [2.45, 2.75) is 32.5 Å². The number of nitrogens with one attached hydrogen (secondary N) is 1. The molecule has 3 heterocycles. The molecule has 0 aliphatic carbocycles. The van der Waals surface area contributed by atoms with E-state index in [0.29, 0.717) is 24.4 Å². The van der Waals surface area contributed by atoms with Crippen LogP contribution in [0.3, 0.4) is 0 Å². The highest BCUT2D eigenvalue weighted by Gasteiger charge is 2.31. The van der Waals surface area contributed by atoms with Crippen LogP contribution in [0.2, 0.25) is 0 Å². The molecule has 3 rings (SSSR count). The Labute approximate surface area is 115 Å². The number of hydrogen-bond donors (Lipinski definition) is 1. The van der Waals surface area contributed by atoms with Gasteiger partial charge in [-0.1, -0.05) is 0 Å². The Morgan fingerprint density at radius 1 is 1.45 bits per heavy atom. The van der Waals surface area contributed by atoms with Gasteiger partial charge in [0.1, 0.15) is 17.4 Å². The molecule has 1 aliphatic heterocycles. The lowest BCUT2D eigenvalue weighted by atomic mass is 9.91. The lowest BCUT2D eigenvalue weighted by Crippen LogP contribution is -2.35. The highest BCUT2D eigenvalue weighted by molar-refractivity contribution is 5.70. The van der Waals surface area contributed by atoms with E-state index < -0.39 is 0 Å². The zero-order valence-electron chi connectivity index (χ0n) is 11.3. The van der Waals surface area contributed by atoms with Crippen LogP contribution in [-0.2, 0) is 17.8 Å². The van der Waals surface area contributed by atoms with E-state index in [0.717, 1.165) is 11.3 Å². The predicted molar refractivity (Wildman–Crippen MR) is 72.1 cm³/mol. The fourth-order valence-corrected chi connectivity index (χ4v) is 2.54. The van der Waals surface area contributed by atoms with E-state index in [-0.39, 0.29) is 16.7 Å². The van der Waals surface area contributed by atoms with E-state index in [1.165, 1.54) is 6.26 Å². The Bertz CT molecular complexity index is 749. The van der Waals surface area contributed by atoms with E-state index in [2.05, 4.69) is 4.98 Å². The number of hydrogen-bond acceptors (Lipinski definition) is 4. The van der Waals surface area contributed by atoms with Crippen molar-refractivity contribution in [1.29, 1.82) is 5.26 Å². The second-order valence-electron chi connectivity index (χ2n) is 5.48. The first-order chi connectivity index (χ1) is 9.52. The van der Waals surface area contributed by atoms with Crippen LogP contribution in [0.4, 0.5) is 0 Å². The summed E-state index contributed by atoms with van der Waals surface area (Å²) in [5, 5.41) is 9.25. The molecule has 0 saturated heterocycles. The van der Waals surface area contributed by atoms with Crippen molar-refractivity contribution >= 4 is 0 Å². The van der Waals surface area contributed by atoms with Gasteiger partial charge in [-0.15, -0.1) is 0 Å². The molecule has 0 unspecified atom stereocenters. The summed E-state index contributed by atoms with van der Waals surface area (Å²) in [5.41, 5.74) is 1.56. The number of ether oxygens (including phenoxy) is 1. The molecule has 102 valence electrons. The predicted octanol–water partition coefficient (Wildman–Crippen LogP) is 2.36. The largest absolute Gasteiger partial charge is 0.464 e. The van der Waals surface area contributed by atoms with Crippen LogP contribution in [0.1, 0.15) is 30.7 Å². The third-order valence-electron chi connectivity index (χ3n) is 3.50. The van der Waals surface area contributed by atoms with Gasteiger partial charge in [-0.3, -0.25) is 4.79 Å². The van der Waals surface area contributed by atoms with Gasteiger partial charge < -0.3 is 14.1 Å². The summed E-state index contributed by atoms with van der Waals surface area (Å²) in [4.78, 5) is 14.9. The summed E-state index contributed by atoms with van der Waals surface area (Å²) in [7, 11) is 0. The fourth-order valence-electron chi connectivity index (χ4n) is 2.54. The zero-order valence-corrected chi connectivity index (χ0v) is 11.3. The van der Waals surface area contributed by atoms with Crippen molar-refractivity contribution in [3.63, 3.8) is 0 Å². The minimum atomic E-state index is -0.379. The Hall–Kier alpha value is -2.32. The number of H-pyrrole nitrogens is 1. The van der Waals surface area contributed by atoms with Crippen LogP contribution >= 0.6 is 0 Å². The highest BCUT2D eigenvalue weighted by Crippen LogP contribution is 2.34. The molecule has 0 bridgehead atoms. The van der Waals surface area contributed by atoms with Gasteiger partial charge in [0.05, 0.1) is 18.5 Å². The lowest BCUT2D eigenvalue weighted by Gasteiger charge is -2.32. The molecular formula is C15H14N2O3. The first-order valence-corrected chi connectivity index (χ1v) is 6.38. The standard InChI is InChI=1S/C15H14N2O3/c1-15(2)6-11-10(8-20-15)13(12-4-3-5-19-12)9(7-16)14(18)17-11/h3-5H,6,8H2,1-2H3,(H,17,18). The van der Waals surface area contributed by atoms with Crippen molar-refractivity contribution < 1.29 is 9.15 Å². The number of rotatable bonds is 1. The molecule has 2 aromatic heterocycles. The van der Waals surface area contributed by atoms with Crippen molar-refractivity contribution in [2.24, 2.45) is 0 Å². The molecule has 0 atom stereocenters. The minimum Gasteiger partial charge on any atom is -0.464 e. The van der Waals surface area contributed by atoms with Crippen molar-refractivity contribution in [3.8, 4) is 17.4 Å². The molecule has 1 aliphatic rings. The molecular weight excluding hydrogens is 256 g/mol. The summed E-state index contributed by atoms with van der Waals surface area (Å²) in [6, 6.07) is 5.44. The number of nitriles is 1. The maximum Gasteiger partial charge on any atom is 0.266 e. The molecule has 0 spiro atoms. The van der Waals surface area contributed by atoms with Crippen molar-refractivity contribution in [3.05, 3.63) is 45.6 Å². The summed E-state index contributed by atoms with van der Waals surface area (Å²) in [6.07, 6.45) is 2.12. The normalized spacial score (nSPS) is 16.4. The van der Waals surface area contributed by atoms with Crippen LogP contribution < -0.4 is 5.56 Å². The molecule has 0 aromatic carbocycles. The quantitative estimate of drug-likeness (QED) is 0.862. The maximum atomic E-state index is 12.1. The number of pyridine rings is 1. The number of nitrogens with zero attached hydrogens (tertiary/aromatic N) is 1. The van der Waals surface area contributed by atoms with Crippen molar-refractivity contribution in [1.82, 2.24) is 4.98 Å². The summed E-state index contributed by atoms with van der Waals surface area (Å²) in [5.74, 6) is 0.521. The number of furan rings is 1. The Morgan fingerprint density at radius 3 is 2.90 bits per heavy atom. The van der Waals surface area contributed by atoms with Gasteiger partial charge in [-0.25, -0.2) is 0 Å². The van der Waals surface area contributed by atoms with Crippen LogP contribution in [0, 0.1) is 11.3 Å². The van der Waals surface area contributed by atoms with Crippen molar-refractivity contribution in [2.75, 3.05) is 0 Å². The van der Waals surface area contributed by atoms with E-state index >= 15 is 0 Å². The van der Waals surface area contributed by atoms with Gasteiger partial charge >= 0.3 is 0 Å². The lowest BCUT2D eigenvalue weighted by molar-refractivity contribution is -0.0411. The van der Waals surface area contributed by atoms with Crippen LogP contribution in [-0.4, -0.2) is 10.6 Å². The monoisotopic (exact) mass is 270 g/mol. The topological polar surface area (TPSA) is 79.0 Å². The second kappa shape index (κ2) is 4.36. The number of aromatic amines is 1. The Balaban J connectivity index is 2.30. The van der Waals surface area contributed by atoms with Crippen LogP contribution in [0.15, 0.2) is 27.6 Å². The van der Waals surface area contributed by atoms with E-state index in [4.69, 9.17) is 9.15 Å². The van der Waals surface area contributed by atoms with Gasteiger partial charge in [0.25, 0.3) is 5.56 Å². The average Bonchev–Trinajstić information content (AvgIpc) is 2.89. The van der Waals surface area contributed by atoms with Crippen LogP contribution in [0.25, 0.3) is 11.3 Å². The van der Waals surface area contributed by atoms with Gasteiger partial charge in [0.2, 0.25) is 0 Å². The van der Waals surface area contributed by atoms with E-state index in [1.807, 2.05) is 19.9 Å². The Morgan fingerprint density at radius 2 is 2.25 bits per heavy atom.